The zero-order chi connectivity index (χ0) is 19.9. The minimum Gasteiger partial charge on any atom is -0.488 e. The maximum atomic E-state index is 12.3. The van der Waals surface area contributed by atoms with Crippen molar-refractivity contribution in [2.24, 2.45) is 0 Å². The van der Waals surface area contributed by atoms with E-state index in [-0.39, 0.29) is 17.5 Å². The summed E-state index contributed by atoms with van der Waals surface area (Å²) in [5.41, 5.74) is 1.94. The minimum absolute atomic E-state index is 0.113. The average Bonchev–Trinajstić information content (AvgIpc) is 3.19. The molecule has 0 bridgehead atoms. The first-order chi connectivity index (χ1) is 13.5. The SMILES string of the molecule is N#C/C(=C/c1ccc(OCc2ccc(Br)cc2)c(Br)c1)C(=O)NC1CCCC1. The third-order valence-electron chi connectivity index (χ3n) is 4.63. The molecule has 1 N–H and O–H groups in total. The zero-order valence-corrected chi connectivity index (χ0v) is 18.4. The van der Waals surface area contributed by atoms with Gasteiger partial charge in [-0.3, -0.25) is 4.79 Å². The first-order valence-corrected chi connectivity index (χ1v) is 10.7. The molecule has 1 aliphatic rings. The van der Waals surface area contributed by atoms with E-state index in [1.807, 2.05) is 48.5 Å². The van der Waals surface area contributed by atoms with Gasteiger partial charge in [0.15, 0.2) is 0 Å². The van der Waals surface area contributed by atoms with Crippen LogP contribution in [0, 0.1) is 11.3 Å². The predicted octanol–water partition coefficient (Wildman–Crippen LogP) is 5.76. The van der Waals surface area contributed by atoms with E-state index in [0.29, 0.717) is 12.4 Å². The lowest BCUT2D eigenvalue weighted by Crippen LogP contribution is -2.33. The van der Waals surface area contributed by atoms with Crippen molar-refractivity contribution in [1.82, 2.24) is 5.32 Å². The van der Waals surface area contributed by atoms with Crippen molar-refractivity contribution in [3.05, 3.63) is 68.1 Å². The van der Waals surface area contributed by atoms with E-state index in [1.165, 1.54) is 0 Å². The van der Waals surface area contributed by atoms with E-state index < -0.39 is 0 Å². The molecule has 4 nitrogen and oxygen atoms in total. The molecule has 28 heavy (non-hydrogen) atoms. The Kier molecular flexibility index (Phi) is 7.30. The quantitative estimate of drug-likeness (QED) is 0.402. The number of rotatable bonds is 6. The number of benzene rings is 2. The van der Waals surface area contributed by atoms with Crippen molar-refractivity contribution in [2.45, 2.75) is 38.3 Å². The number of halogens is 2. The maximum absolute atomic E-state index is 12.3. The summed E-state index contributed by atoms with van der Waals surface area (Å²) in [5.74, 6) is 0.398. The Morgan fingerprint density at radius 3 is 2.54 bits per heavy atom. The van der Waals surface area contributed by atoms with Gasteiger partial charge in [0.1, 0.15) is 24.0 Å². The number of nitrogens with one attached hydrogen (secondary N) is 1. The molecule has 1 aliphatic carbocycles. The Morgan fingerprint density at radius 2 is 1.89 bits per heavy atom. The van der Waals surface area contributed by atoms with Crippen LogP contribution in [-0.2, 0) is 11.4 Å². The van der Waals surface area contributed by atoms with Gasteiger partial charge < -0.3 is 10.1 Å². The van der Waals surface area contributed by atoms with Crippen molar-refractivity contribution in [1.29, 1.82) is 5.26 Å². The molecule has 2 aromatic carbocycles. The molecule has 1 saturated carbocycles. The standard InChI is InChI=1S/C22H20Br2N2O2/c23-18-8-5-15(6-9-18)14-28-21-10-7-16(12-20(21)24)11-17(13-25)22(27)26-19-3-1-2-4-19/h5-12,19H,1-4,14H2,(H,26,27)/b17-11-. The Morgan fingerprint density at radius 1 is 1.18 bits per heavy atom. The van der Waals surface area contributed by atoms with Gasteiger partial charge >= 0.3 is 0 Å². The minimum atomic E-state index is -0.305. The van der Waals surface area contributed by atoms with Gasteiger partial charge in [-0.2, -0.15) is 5.26 Å². The van der Waals surface area contributed by atoms with Gasteiger partial charge in [-0.05, 0) is 70.2 Å². The molecule has 1 fully saturated rings. The van der Waals surface area contributed by atoms with Gasteiger partial charge in [0.25, 0.3) is 5.91 Å². The van der Waals surface area contributed by atoms with Crippen LogP contribution in [0.25, 0.3) is 6.08 Å². The first-order valence-electron chi connectivity index (χ1n) is 9.14. The molecule has 3 rings (SSSR count). The highest BCUT2D eigenvalue weighted by atomic mass is 79.9. The molecule has 0 saturated heterocycles. The summed E-state index contributed by atoms with van der Waals surface area (Å²) in [6.07, 6.45) is 5.84. The maximum Gasteiger partial charge on any atom is 0.262 e. The van der Waals surface area contributed by atoms with E-state index in [2.05, 4.69) is 37.2 Å². The summed E-state index contributed by atoms with van der Waals surface area (Å²) in [4.78, 5) is 12.3. The van der Waals surface area contributed by atoms with E-state index in [0.717, 1.165) is 45.8 Å². The monoisotopic (exact) mass is 502 g/mol. The van der Waals surface area contributed by atoms with E-state index in [9.17, 15) is 10.1 Å². The summed E-state index contributed by atoms with van der Waals surface area (Å²) in [5, 5.41) is 12.3. The largest absolute Gasteiger partial charge is 0.488 e. The molecule has 0 atom stereocenters. The average molecular weight is 504 g/mol. The topological polar surface area (TPSA) is 62.1 Å². The molecule has 0 spiro atoms. The van der Waals surface area contributed by atoms with Crippen molar-refractivity contribution in [3.8, 4) is 11.8 Å². The van der Waals surface area contributed by atoms with Crippen LogP contribution in [0.5, 0.6) is 5.75 Å². The molecule has 0 aromatic heterocycles. The fraction of sp³-hybridized carbons (Fsp3) is 0.273. The van der Waals surface area contributed by atoms with Crippen LogP contribution in [0.2, 0.25) is 0 Å². The molecule has 6 heteroatoms. The van der Waals surface area contributed by atoms with Crippen LogP contribution in [0.15, 0.2) is 57.0 Å². The van der Waals surface area contributed by atoms with E-state index in [1.54, 1.807) is 6.08 Å². The van der Waals surface area contributed by atoms with Gasteiger partial charge in [0.05, 0.1) is 4.47 Å². The lowest BCUT2D eigenvalue weighted by molar-refractivity contribution is -0.117. The van der Waals surface area contributed by atoms with Gasteiger partial charge in [0, 0.05) is 10.5 Å². The number of ether oxygens (including phenoxy) is 1. The first kappa shape index (κ1) is 20.6. The zero-order valence-electron chi connectivity index (χ0n) is 15.3. The molecular weight excluding hydrogens is 484 g/mol. The molecule has 2 aromatic rings. The van der Waals surface area contributed by atoms with Crippen molar-refractivity contribution < 1.29 is 9.53 Å². The number of hydrogen-bond donors (Lipinski definition) is 1. The van der Waals surface area contributed by atoms with Crippen LogP contribution in [0.1, 0.15) is 36.8 Å². The molecule has 144 valence electrons. The van der Waals surface area contributed by atoms with Gasteiger partial charge in [0.2, 0.25) is 0 Å². The lowest BCUT2D eigenvalue weighted by atomic mass is 10.1. The highest BCUT2D eigenvalue weighted by Gasteiger charge is 2.19. The summed E-state index contributed by atoms with van der Waals surface area (Å²) >= 11 is 6.92. The van der Waals surface area contributed by atoms with Crippen molar-refractivity contribution in [3.63, 3.8) is 0 Å². The summed E-state index contributed by atoms with van der Waals surface area (Å²) < 4.78 is 7.65. The fourth-order valence-corrected chi connectivity index (χ4v) is 3.89. The van der Waals surface area contributed by atoms with Crippen LogP contribution in [0.3, 0.4) is 0 Å². The Bertz CT molecular complexity index is 911. The van der Waals surface area contributed by atoms with E-state index >= 15 is 0 Å². The Hall–Kier alpha value is -2.10. The van der Waals surface area contributed by atoms with Crippen LogP contribution >= 0.6 is 31.9 Å². The smallest absolute Gasteiger partial charge is 0.262 e. The number of carbonyl (C=O) groups excluding carboxylic acids is 1. The van der Waals surface area contributed by atoms with Crippen molar-refractivity contribution >= 4 is 43.8 Å². The summed E-state index contributed by atoms with van der Waals surface area (Å²) in [7, 11) is 0. The lowest BCUT2D eigenvalue weighted by Gasteiger charge is -2.11. The summed E-state index contributed by atoms with van der Waals surface area (Å²) in [6.45, 7) is 0.453. The normalized spacial score (nSPS) is 14.5. The Labute approximate surface area is 181 Å². The van der Waals surface area contributed by atoms with Crippen molar-refractivity contribution in [2.75, 3.05) is 0 Å². The number of nitrogens with zero attached hydrogens (tertiary/aromatic N) is 1. The number of nitriles is 1. The molecule has 0 aliphatic heterocycles. The Balaban J connectivity index is 1.66. The highest BCUT2D eigenvalue weighted by molar-refractivity contribution is 9.10. The third-order valence-corrected chi connectivity index (χ3v) is 5.78. The predicted molar refractivity (Wildman–Crippen MR) is 117 cm³/mol. The fourth-order valence-electron chi connectivity index (χ4n) is 3.11. The molecule has 0 unspecified atom stereocenters. The number of hydrogen-bond acceptors (Lipinski definition) is 3. The number of carbonyl (C=O) groups is 1. The molecule has 0 heterocycles. The second-order valence-corrected chi connectivity index (χ2v) is 8.50. The highest BCUT2D eigenvalue weighted by Crippen LogP contribution is 2.28. The van der Waals surface area contributed by atoms with Gasteiger partial charge in [-0.15, -0.1) is 0 Å². The molecule has 1 amide bonds. The van der Waals surface area contributed by atoms with Crippen LogP contribution < -0.4 is 10.1 Å². The van der Waals surface area contributed by atoms with Crippen LogP contribution in [0.4, 0.5) is 0 Å². The molecular formula is C22H20Br2N2O2. The molecule has 0 radical (unpaired) electrons. The summed E-state index contributed by atoms with van der Waals surface area (Å²) in [6, 6.07) is 15.6. The third kappa shape index (κ3) is 5.70. The van der Waals surface area contributed by atoms with Gasteiger partial charge in [-0.1, -0.05) is 47.0 Å². The second-order valence-electron chi connectivity index (χ2n) is 6.73. The van der Waals surface area contributed by atoms with Crippen LogP contribution in [-0.4, -0.2) is 11.9 Å². The number of amides is 1. The van der Waals surface area contributed by atoms with E-state index in [4.69, 9.17) is 4.74 Å². The van der Waals surface area contributed by atoms with Gasteiger partial charge in [-0.25, -0.2) is 0 Å². The second kappa shape index (κ2) is 9.90.